The third kappa shape index (κ3) is 7.92. The van der Waals surface area contributed by atoms with Crippen molar-refractivity contribution in [3.63, 3.8) is 0 Å². The maximum absolute atomic E-state index is 13.1. The number of para-hydroxylation sites is 1. The lowest BCUT2D eigenvalue weighted by Gasteiger charge is -2.21. The van der Waals surface area contributed by atoms with Crippen LogP contribution in [0.5, 0.6) is 0 Å². The number of hydrogen-bond acceptors (Lipinski definition) is 7. The molecule has 0 unspecified atom stereocenters. The first-order valence-corrected chi connectivity index (χ1v) is 15.1. The summed E-state index contributed by atoms with van der Waals surface area (Å²) >= 11 is 12.2. The van der Waals surface area contributed by atoms with Crippen molar-refractivity contribution in [1.82, 2.24) is 4.31 Å². The number of carbonyl (C=O) groups excluding carboxylic acids is 1. The highest BCUT2D eigenvalue weighted by atomic mass is 35.5. The standard InChI is InChI=1S/C25H27Cl2N3O7S2/c1-36-15-13-30(14-16-37-2)39(34,35)20-10-7-18(8-11-20)25(31)28-19-9-12-22(27)24(17-19)38(32,33)29-23-6-4-3-5-21(23)26/h3-12,17,29H,13-16H2,1-2H3,(H,28,31). The van der Waals surface area contributed by atoms with Crippen molar-refractivity contribution >= 4 is 60.5 Å². The minimum Gasteiger partial charge on any atom is -0.383 e. The van der Waals surface area contributed by atoms with Gasteiger partial charge < -0.3 is 14.8 Å². The maximum Gasteiger partial charge on any atom is 0.263 e. The molecule has 3 aromatic rings. The summed E-state index contributed by atoms with van der Waals surface area (Å²) in [5.74, 6) is -0.584. The zero-order valence-electron chi connectivity index (χ0n) is 21.1. The Morgan fingerprint density at radius 2 is 1.46 bits per heavy atom. The minimum atomic E-state index is -4.14. The topological polar surface area (TPSA) is 131 Å². The predicted molar refractivity (Wildman–Crippen MR) is 151 cm³/mol. The molecule has 0 atom stereocenters. The van der Waals surface area contributed by atoms with Crippen molar-refractivity contribution in [2.75, 3.05) is 50.6 Å². The van der Waals surface area contributed by atoms with Crippen molar-refractivity contribution in [2.24, 2.45) is 0 Å². The van der Waals surface area contributed by atoms with Gasteiger partial charge in [0.2, 0.25) is 10.0 Å². The molecular formula is C25H27Cl2N3O7S2. The number of sulfonamides is 2. The van der Waals surface area contributed by atoms with Crippen molar-refractivity contribution in [3.05, 3.63) is 82.3 Å². The molecule has 210 valence electrons. The van der Waals surface area contributed by atoms with Gasteiger partial charge in [0.25, 0.3) is 15.9 Å². The van der Waals surface area contributed by atoms with Gasteiger partial charge in [-0.3, -0.25) is 9.52 Å². The van der Waals surface area contributed by atoms with Crippen LogP contribution in [0.3, 0.4) is 0 Å². The summed E-state index contributed by atoms with van der Waals surface area (Å²) < 4.78 is 65.7. The molecule has 0 fully saturated rings. The normalized spacial score (nSPS) is 11.9. The summed E-state index contributed by atoms with van der Waals surface area (Å²) in [6, 6.07) is 15.7. The molecular weight excluding hydrogens is 589 g/mol. The van der Waals surface area contributed by atoms with Gasteiger partial charge >= 0.3 is 0 Å². The van der Waals surface area contributed by atoms with Gasteiger partial charge in [-0.15, -0.1) is 0 Å². The molecule has 0 aromatic heterocycles. The van der Waals surface area contributed by atoms with E-state index >= 15 is 0 Å². The summed E-state index contributed by atoms with van der Waals surface area (Å²) in [7, 11) is -5.05. The first-order chi connectivity index (χ1) is 18.5. The summed E-state index contributed by atoms with van der Waals surface area (Å²) in [5, 5.41) is 2.74. The van der Waals surface area contributed by atoms with E-state index in [9.17, 15) is 21.6 Å². The zero-order valence-corrected chi connectivity index (χ0v) is 24.2. The number of amides is 1. The number of benzene rings is 3. The highest BCUT2D eigenvalue weighted by Crippen LogP contribution is 2.29. The Morgan fingerprint density at radius 1 is 0.846 bits per heavy atom. The molecule has 0 saturated heterocycles. The third-order valence-electron chi connectivity index (χ3n) is 5.44. The summed E-state index contributed by atoms with van der Waals surface area (Å²) in [6.07, 6.45) is 0. The van der Waals surface area contributed by atoms with Gasteiger partial charge in [-0.05, 0) is 54.6 Å². The Labute approximate surface area is 237 Å². The molecule has 0 aliphatic heterocycles. The number of rotatable bonds is 13. The highest BCUT2D eigenvalue weighted by Gasteiger charge is 2.25. The molecule has 10 nitrogen and oxygen atoms in total. The average molecular weight is 617 g/mol. The molecule has 3 rings (SSSR count). The quantitative estimate of drug-likeness (QED) is 0.292. The van der Waals surface area contributed by atoms with Crippen LogP contribution in [0.2, 0.25) is 10.0 Å². The summed E-state index contributed by atoms with van der Waals surface area (Å²) in [5.41, 5.74) is 0.483. The SMILES string of the molecule is COCCN(CCOC)S(=O)(=O)c1ccc(C(=O)Nc2ccc(Cl)c(S(=O)(=O)Nc3ccccc3Cl)c2)cc1. The number of carbonyl (C=O) groups is 1. The van der Waals surface area contributed by atoms with Gasteiger partial charge in [-0.25, -0.2) is 16.8 Å². The Morgan fingerprint density at radius 3 is 2.05 bits per heavy atom. The van der Waals surface area contributed by atoms with E-state index in [0.717, 1.165) is 0 Å². The van der Waals surface area contributed by atoms with Crippen LogP contribution in [-0.4, -0.2) is 67.6 Å². The molecule has 0 bridgehead atoms. The molecule has 0 aliphatic rings. The van der Waals surface area contributed by atoms with E-state index < -0.39 is 26.0 Å². The predicted octanol–water partition coefficient (Wildman–Crippen LogP) is 4.33. The van der Waals surface area contributed by atoms with Gasteiger partial charge in [0, 0.05) is 38.6 Å². The molecule has 39 heavy (non-hydrogen) atoms. The Balaban J connectivity index is 1.78. The highest BCUT2D eigenvalue weighted by molar-refractivity contribution is 7.92. The fourth-order valence-electron chi connectivity index (χ4n) is 3.40. The van der Waals surface area contributed by atoms with Gasteiger partial charge in [-0.2, -0.15) is 4.31 Å². The van der Waals surface area contributed by atoms with E-state index in [1.807, 2.05) is 0 Å². The van der Waals surface area contributed by atoms with Crippen LogP contribution in [0.4, 0.5) is 11.4 Å². The second kappa shape index (κ2) is 13.6. The number of methoxy groups -OCH3 is 2. The van der Waals surface area contributed by atoms with Crippen LogP contribution in [-0.2, 0) is 29.5 Å². The molecule has 2 N–H and O–H groups in total. The molecule has 14 heteroatoms. The van der Waals surface area contributed by atoms with E-state index in [-0.39, 0.29) is 63.1 Å². The number of halogens is 2. The molecule has 0 heterocycles. The molecule has 0 spiro atoms. The molecule has 3 aromatic carbocycles. The summed E-state index contributed by atoms with van der Waals surface area (Å²) in [4.78, 5) is 12.6. The molecule has 0 saturated carbocycles. The second-order valence-electron chi connectivity index (χ2n) is 8.10. The number of nitrogens with one attached hydrogen (secondary N) is 2. The van der Waals surface area contributed by atoms with Gasteiger partial charge in [-0.1, -0.05) is 35.3 Å². The van der Waals surface area contributed by atoms with E-state index in [1.54, 1.807) is 12.1 Å². The monoisotopic (exact) mass is 615 g/mol. The number of hydrogen-bond donors (Lipinski definition) is 2. The largest absolute Gasteiger partial charge is 0.383 e. The van der Waals surface area contributed by atoms with Crippen LogP contribution in [0.1, 0.15) is 10.4 Å². The second-order valence-corrected chi connectivity index (χ2v) is 12.5. The van der Waals surface area contributed by atoms with Crippen molar-refractivity contribution in [2.45, 2.75) is 9.79 Å². The van der Waals surface area contributed by atoms with E-state index in [2.05, 4.69) is 10.0 Å². The van der Waals surface area contributed by atoms with E-state index in [1.165, 1.54) is 73.1 Å². The van der Waals surface area contributed by atoms with Crippen LogP contribution >= 0.6 is 23.2 Å². The van der Waals surface area contributed by atoms with Crippen LogP contribution in [0, 0.1) is 0 Å². The van der Waals surface area contributed by atoms with Crippen molar-refractivity contribution in [1.29, 1.82) is 0 Å². The maximum atomic E-state index is 13.1. The lowest BCUT2D eigenvalue weighted by Crippen LogP contribution is -2.36. The van der Waals surface area contributed by atoms with Crippen LogP contribution in [0.25, 0.3) is 0 Å². The number of ether oxygens (including phenoxy) is 2. The van der Waals surface area contributed by atoms with Crippen LogP contribution in [0.15, 0.2) is 76.5 Å². The third-order valence-corrected chi connectivity index (χ3v) is 9.53. The van der Waals surface area contributed by atoms with Crippen molar-refractivity contribution < 1.29 is 31.1 Å². The Hall–Kier alpha value is -2.71. The van der Waals surface area contributed by atoms with Crippen LogP contribution < -0.4 is 10.0 Å². The number of nitrogens with zero attached hydrogens (tertiary/aromatic N) is 1. The molecule has 0 aliphatic carbocycles. The molecule has 1 amide bonds. The fraction of sp³-hybridized carbons (Fsp3) is 0.240. The van der Waals surface area contributed by atoms with E-state index in [4.69, 9.17) is 32.7 Å². The number of anilines is 2. The van der Waals surface area contributed by atoms with Gasteiger partial charge in [0.05, 0.1) is 33.8 Å². The average Bonchev–Trinajstić information content (AvgIpc) is 2.91. The zero-order chi connectivity index (χ0) is 28.6. The minimum absolute atomic E-state index is 0.00299. The van der Waals surface area contributed by atoms with Gasteiger partial charge in [0.15, 0.2) is 0 Å². The summed E-state index contributed by atoms with van der Waals surface area (Å²) in [6.45, 7) is 0.682. The first kappa shape index (κ1) is 30.8. The van der Waals surface area contributed by atoms with Crippen molar-refractivity contribution in [3.8, 4) is 0 Å². The lowest BCUT2D eigenvalue weighted by molar-refractivity contribution is 0.102. The smallest absolute Gasteiger partial charge is 0.263 e. The fourth-order valence-corrected chi connectivity index (χ4v) is 6.65. The van der Waals surface area contributed by atoms with Gasteiger partial charge in [0.1, 0.15) is 4.90 Å². The Kier molecular flexibility index (Phi) is 10.7. The first-order valence-electron chi connectivity index (χ1n) is 11.5. The lowest BCUT2D eigenvalue weighted by atomic mass is 10.2. The molecule has 0 radical (unpaired) electrons. The van der Waals surface area contributed by atoms with E-state index in [0.29, 0.717) is 0 Å². The Bertz CT molecular complexity index is 1510.